The number of nitrogens with one attached hydrogen (secondary N) is 1. The van der Waals surface area contributed by atoms with E-state index >= 15 is 0 Å². The molecule has 0 aromatic heterocycles. The molecular formula is C18H27N3O2. The first kappa shape index (κ1) is 17.5. The zero-order valence-electron chi connectivity index (χ0n) is 14.3. The van der Waals surface area contributed by atoms with Gasteiger partial charge in [0.2, 0.25) is 11.8 Å². The average Bonchev–Trinajstić information content (AvgIpc) is 2.53. The number of piperazine rings is 1. The van der Waals surface area contributed by atoms with Gasteiger partial charge < -0.3 is 10.2 Å². The first-order valence-corrected chi connectivity index (χ1v) is 8.34. The highest BCUT2D eigenvalue weighted by Gasteiger charge is 2.19. The summed E-state index contributed by atoms with van der Waals surface area (Å²) in [6.45, 7) is 9.79. The van der Waals surface area contributed by atoms with Crippen LogP contribution in [-0.2, 0) is 9.59 Å². The van der Waals surface area contributed by atoms with Crippen LogP contribution in [0.1, 0.15) is 38.7 Å². The van der Waals surface area contributed by atoms with E-state index in [1.54, 1.807) is 6.92 Å². The van der Waals surface area contributed by atoms with Crippen LogP contribution in [0, 0.1) is 0 Å². The van der Waals surface area contributed by atoms with Crippen molar-refractivity contribution in [1.29, 1.82) is 0 Å². The summed E-state index contributed by atoms with van der Waals surface area (Å²) < 4.78 is 0. The molecule has 0 saturated carbocycles. The van der Waals surface area contributed by atoms with Crippen LogP contribution in [0.15, 0.2) is 24.3 Å². The van der Waals surface area contributed by atoms with Crippen molar-refractivity contribution < 1.29 is 9.59 Å². The molecule has 1 aromatic carbocycles. The molecule has 0 atom stereocenters. The highest BCUT2D eigenvalue weighted by atomic mass is 16.2. The lowest BCUT2D eigenvalue weighted by Gasteiger charge is -2.34. The van der Waals surface area contributed by atoms with Crippen LogP contribution in [0.5, 0.6) is 0 Å². The van der Waals surface area contributed by atoms with Crippen LogP contribution >= 0.6 is 0 Å². The highest BCUT2D eigenvalue weighted by Crippen LogP contribution is 2.23. The molecule has 23 heavy (non-hydrogen) atoms. The van der Waals surface area contributed by atoms with Gasteiger partial charge in [0.25, 0.3) is 0 Å². The molecule has 1 N–H and O–H groups in total. The van der Waals surface area contributed by atoms with Crippen molar-refractivity contribution in [3.63, 3.8) is 0 Å². The molecule has 1 heterocycles. The van der Waals surface area contributed by atoms with E-state index in [9.17, 15) is 9.59 Å². The van der Waals surface area contributed by atoms with Gasteiger partial charge in [-0.3, -0.25) is 14.5 Å². The zero-order chi connectivity index (χ0) is 16.8. The lowest BCUT2D eigenvalue weighted by atomic mass is 10.0. The summed E-state index contributed by atoms with van der Waals surface area (Å²) in [4.78, 5) is 27.6. The van der Waals surface area contributed by atoms with E-state index in [0.717, 1.165) is 44.0 Å². The van der Waals surface area contributed by atoms with Crippen molar-refractivity contribution in [2.45, 2.75) is 33.1 Å². The van der Waals surface area contributed by atoms with Crippen molar-refractivity contribution in [1.82, 2.24) is 9.80 Å². The second-order valence-corrected chi connectivity index (χ2v) is 6.39. The first-order valence-electron chi connectivity index (χ1n) is 8.34. The number of benzene rings is 1. The van der Waals surface area contributed by atoms with Gasteiger partial charge in [0, 0.05) is 51.8 Å². The summed E-state index contributed by atoms with van der Waals surface area (Å²) >= 11 is 0. The third kappa shape index (κ3) is 5.06. The molecule has 1 aliphatic heterocycles. The van der Waals surface area contributed by atoms with Crippen LogP contribution in [0.25, 0.3) is 0 Å². The maximum atomic E-state index is 12.2. The zero-order valence-corrected chi connectivity index (χ0v) is 14.3. The maximum absolute atomic E-state index is 12.2. The molecule has 0 bridgehead atoms. The first-order chi connectivity index (χ1) is 11.0. The number of hydrogen-bond acceptors (Lipinski definition) is 3. The molecule has 126 valence electrons. The monoisotopic (exact) mass is 317 g/mol. The fourth-order valence-electron chi connectivity index (χ4n) is 2.87. The molecule has 2 amide bonds. The minimum atomic E-state index is 0.0482. The molecule has 1 aliphatic rings. The number of carbonyl (C=O) groups excluding carboxylic acids is 2. The lowest BCUT2D eigenvalue weighted by molar-refractivity contribution is -0.130. The predicted octanol–water partition coefficient (Wildman–Crippen LogP) is 2.30. The molecule has 0 aliphatic carbocycles. The summed E-state index contributed by atoms with van der Waals surface area (Å²) in [5.41, 5.74) is 2.07. The van der Waals surface area contributed by atoms with Gasteiger partial charge in [0.15, 0.2) is 0 Å². The molecule has 2 rings (SSSR count). The van der Waals surface area contributed by atoms with E-state index in [1.807, 2.05) is 23.1 Å². The molecule has 1 saturated heterocycles. The van der Waals surface area contributed by atoms with Gasteiger partial charge in [-0.2, -0.15) is 0 Å². The summed E-state index contributed by atoms with van der Waals surface area (Å²) in [6.07, 6.45) is 0.479. The Labute approximate surface area is 138 Å². The second-order valence-electron chi connectivity index (χ2n) is 6.39. The molecule has 0 unspecified atom stereocenters. The second kappa shape index (κ2) is 8.11. The van der Waals surface area contributed by atoms with E-state index in [4.69, 9.17) is 0 Å². The Balaban J connectivity index is 1.79. The number of amides is 2. The number of rotatable bonds is 5. The van der Waals surface area contributed by atoms with Gasteiger partial charge >= 0.3 is 0 Å². The molecule has 5 nitrogen and oxygen atoms in total. The van der Waals surface area contributed by atoms with Gasteiger partial charge in [-0.1, -0.05) is 32.0 Å². The van der Waals surface area contributed by atoms with Crippen molar-refractivity contribution >= 4 is 17.5 Å². The Morgan fingerprint density at radius 2 is 1.78 bits per heavy atom. The van der Waals surface area contributed by atoms with Crippen LogP contribution in [0.2, 0.25) is 0 Å². The number of para-hydroxylation sites is 1. The summed E-state index contributed by atoms with van der Waals surface area (Å²) in [7, 11) is 0. The van der Waals surface area contributed by atoms with Crippen LogP contribution < -0.4 is 5.32 Å². The third-order valence-corrected chi connectivity index (χ3v) is 4.33. The Morgan fingerprint density at radius 1 is 1.13 bits per heavy atom. The smallest absolute Gasteiger partial charge is 0.225 e. The van der Waals surface area contributed by atoms with Crippen molar-refractivity contribution in [3.05, 3.63) is 29.8 Å². The fraction of sp³-hybridized carbons (Fsp3) is 0.556. The molecule has 1 fully saturated rings. The van der Waals surface area contributed by atoms with Crippen LogP contribution in [0.4, 0.5) is 5.69 Å². The highest BCUT2D eigenvalue weighted by molar-refractivity contribution is 5.91. The van der Waals surface area contributed by atoms with E-state index < -0.39 is 0 Å². The topological polar surface area (TPSA) is 52.7 Å². The van der Waals surface area contributed by atoms with Gasteiger partial charge in [0.1, 0.15) is 0 Å². The Bertz CT molecular complexity index is 549. The Hall–Kier alpha value is -1.88. The van der Waals surface area contributed by atoms with Crippen LogP contribution in [-0.4, -0.2) is 54.3 Å². The fourth-order valence-corrected chi connectivity index (χ4v) is 2.87. The van der Waals surface area contributed by atoms with Gasteiger partial charge in [-0.15, -0.1) is 0 Å². The molecule has 1 aromatic rings. The minimum absolute atomic E-state index is 0.0482. The van der Waals surface area contributed by atoms with E-state index in [1.165, 1.54) is 0 Å². The molecule has 0 spiro atoms. The quantitative estimate of drug-likeness (QED) is 0.906. The van der Waals surface area contributed by atoms with Gasteiger partial charge in [-0.25, -0.2) is 0 Å². The SMILES string of the molecule is CC(=O)N1CCN(CCC(=O)Nc2ccccc2C(C)C)CC1. The van der Waals surface area contributed by atoms with Gasteiger partial charge in [0.05, 0.1) is 0 Å². The molecule has 0 radical (unpaired) electrons. The number of nitrogens with zero attached hydrogens (tertiary/aromatic N) is 2. The summed E-state index contributed by atoms with van der Waals surface area (Å²) in [5.74, 6) is 0.561. The van der Waals surface area contributed by atoms with Crippen molar-refractivity contribution in [2.75, 3.05) is 38.0 Å². The number of anilines is 1. The standard InChI is InChI=1S/C18H27N3O2/c1-14(2)16-6-4-5-7-17(16)19-18(23)8-9-20-10-12-21(13-11-20)15(3)22/h4-7,14H,8-13H2,1-3H3,(H,19,23). The third-order valence-electron chi connectivity index (χ3n) is 4.33. The number of hydrogen-bond donors (Lipinski definition) is 1. The van der Waals surface area contributed by atoms with E-state index in [0.29, 0.717) is 12.3 Å². The number of carbonyl (C=O) groups is 2. The average molecular weight is 317 g/mol. The summed E-state index contributed by atoms with van der Waals surface area (Å²) in [6, 6.07) is 7.96. The lowest BCUT2D eigenvalue weighted by Crippen LogP contribution is -2.48. The normalized spacial score (nSPS) is 15.7. The van der Waals surface area contributed by atoms with E-state index in [2.05, 4.69) is 30.1 Å². The Kier molecular flexibility index (Phi) is 6.16. The predicted molar refractivity (Wildman–Crippen MR) is 92.5 cm³/mol. The van der Waals surface area contributed by atoms with Crippen molar-refractivity contribution in [3.8, 4) is 0 Å². The Morgan fingerprint density at radius 3 is 2.39 bits per heavy atom. The molecular weight excluding hydrogens is 290 g/mol. The largest absolute Gasteiger partial charge is 0.340 e. The van der Waals surface area contributed by atoms with E-state index in [-0.39, 0.29) is 11.8 Å². The van der Waals surface area contributed by atoms with Crippen molar-refractivity contribution in [2.24, 2.45) is 0 Å². The maximum Gasteiger partial charge on any atom is 0.225 e. The molecule has 5 heteroatoms. The minimum Gasteiger partial charge on any atom is -0.340 e. The summed E-state index contributed by atoms with van der Waals surface area (Å²) in [5, 5.41) is 3.03. The van der Waals surface area contributed by atoms with Crippen LogP contribution in [0.3, 0.4) is 0 Å². The van der Waals surface area contributed by atoms with Gasteiger partial charge in [-0.05, 0) is 17.5 Å².